The summed E-state index contributed by atoms with van der Waals surface area (Å²) in [6.45, 7) is -0.332. The number of aromatic nitrogens is 4. The number of fused-ring (bicyclic) bond motifs is 3. The molecule has 4 heterocycles. The van der Waals surface area contributed by atoms with Crippen LogP contribution in [0.4, 0.5) is 0 Å². The predicted octanol–water partition coefficient (Wildman–Crippen LogP) is 5.84. The quantitative estimate of drug-likeness (QED) is 0.113. The Morgan fingerprint density at radius 1 is 0.745 bits per heavy atom. The van der Waals surface area contributed by atoms with Crippen LogP contribution in [0.2, 0.25) is 5.15 Å². The molecular weight excluding hydrogens is 624 g/mol. The average Bonchev–Trinajstić information content (AvgIpc) is 3.63. The fourth-order valence-electron chi connectivity index (χ4n) is 5.60. The van der Waals surface area contributed by atoms with Gasteiger partial charge in [0.25, 0.3) is 0 Å². The number of rotatable bonds is 8. The number of halogens is 1. The summed E-state index contributed by atoms with van der Waals surface area (Å²) in [6.07, 6.45) is -0.176. The van der Waals surface area contributed by atoms with Crippen molar-refractivity contribution in [3.05, 3.63) is 138 Å². The van der Waals surface area contributed by atoms with Crippen molar-refractivity contribution in [3.63, 3.8) is 0 Å². The molecular formula is C35H25ClN4O7. The topological polar surface area (TPSA) is 132 Å². The number of carbonyl (C=O) groups excluding carboxylic acids is 3. The third kappa shape index (κ3) is 5.89. The van der Waals surface area contributed by atoms with Gasteiger partial charge in [0.05, 0.1) is 33.8 Å². The van der Waals surface area contributed by atoms with Gasteiger partial charge in [0.15, 0.2) is 18.4 Å². The molecule has 1 aliphatic rings. The number of benzene rings is 3. The Hall–Kier alpha value is -5.65. The van der Waals surface area contributed by atoms with Crippen LogP contribution < -0.4 is 0 Å². The summed E-state index contributed by atoms with van der Waals surface area (Å²) in [4.78, 5) is 53.0. The molecule has 4 atom stereocenters. The summed E-state index contributed by atoms with van der Waals surface area (Å²) >= 11 is 6.56. The number of hydrogen-bond acceptors (Lipinski definition) is 10. The summed E-state index contributed by atoms with van der Waals surface area (Å²) in [5.74, 6) is -1.98. The van der Waals surface area contributed by atoms with E-state index < -0.39 is 42.4 Å². The van der Waals surface area contributed by atoms with Gasteiger partial charge < -0.3 is 18.9 Å². The molecule has 1 aliphatic heterocycles. The molecule has 7 rings (SSSR count). The van der Waals surface area contributed by atoms with E-state index in [9.17, 15) is 14.4 Å². The first-order chi connectivity index (χ1) is 23.0. The zero-order valence-electron chi connectivity index (χ0n) is 24.5. The first kappa shape index (κ1) is 30.0. The molecule has 0 spiro atoms. The maximum Gasteiger partial charge on any atom is 0.338 e. The smallest absolute Gasteiger partial charge is 0.338 e. The van der Waals surface area contributed by atoms with E-state index in [1.54, 1.807) is 114 Å². The Kier molecular flexibility index (Phi) is 8.30. The SMILES string of the molecule is O=C(OC[C@H]1O[C@@H](n2c3cnccc3c3c(Cl)ncnc32)[C@H](OC(=O)c2ccccc2)[C@@H]1OC(=O)c1ccccc1)c1ccccc1. The van der Waals surface area contributed by atoms with Gasteiger partial charge in [0.2, 0.25) is 0 Å². The summed E-state index contributed by atoms with van der Waals surface area (Å²) in [5, 5.41) is 1.40. The van der Waals surface area contributed by atoms with Crippen molar-refractivity contribution in [2.24, 2.45) is 0 Å². The van der Waals surface area contributed by atoms with Crippen LogP contribution in [-0.2, 0) is 18.9 Å². The molecule has 47 heavy (non-hydrogen) atoms. The first-order valence-corrected chi connectivity index (χ1v) is 15.0. The van der Waals surface area contributed by atoms with Crippen molar-refractivity contribution in [2.75, 3.05) is 6.61 Å². The molecule has 12 heteroatoms. The molecule has 0 radical (unpaired) electrons. The highest BCUT2D eigenvalue weighted by molar-refractivity contribution is 6.36. The second kappa shape index (κ2) is 13.0. The van der Waals surface area contributed by atoms with Gasteiger partial charge in [-0.2, -0.15) is 0 Å². The van der Waals surface area contributed by atoms with E-state index in [0.29, 0.717) is 27.5 Å². The van der Waals surface area contributed by atoms with Crippen molar-refractivity contribution in [1.29, 1.82) is 0 Å². The summed E-state index contributed by atoms with van der Waals surface area (Å²) in [5.41, 5.74) is 1.78. The van der Waals surface area contributed by atoms with Gasteiger partial charge in [-0.3, -0.25) is 9.55 Å². The molecule has 0 amide bonds. The molecule has 3 aromatic carbocycles. The summed E-state index contributed by atoms with van der Waals surface area (Å²) < 4.78 is 26.1. The van der Waals surface area contributed by atoms with E-state index >= 15 is 0 Å². The standard InChI is InChI=1S/C35H25ClN4O7/c36-30-27-24-16-17-37-18-25(24)40(31(27)39-20-38-30)32-29(47-35(43)23-14-8-3-9-15-23)28(46-34(42)22-12-6-2-7-13-22)26(45-32)19-44-33(41)21-10-4-1-5-11-21/h1-18,20,26,28-29,32H,19H2/t26-,28-,29-,32-/m1/s1. The van der Waals surface area contributed by atoms with Crippen LogP contribution in [-0.4, -0.2) is 62.3 Å². The fraction of sp³-hybridized carbons (Fsp3) is 0.143. The molecule has 6 aromatic rings. The number of carbonyl (C=O) groups is 3. The van der Waals surface area contributed by atoms with Crippen LogP contribution in [0.15, 0.2) is 116 Å². The lowest BCUT2D eigenvalue weighted by molar-refractivity contribution is -0.0588. The zero-order chi connectivity index (χ0) is 32.3. The van der Waals surface area contributed by atoms with Crippen LogP contribution in [0.5, 0.6) is 0 Å². The lowest BCUT2D eigenvalue weighted by Gasteiger charge is -2.25. The van der Waals surface area contributed by atoms with Gasteiger partial charge in [-0.05, 0) is 42.5 Å². The minimum Gasteiger partial charge on any atom is -0.459 e. The monoisotopic (exact) mass is 648 g/mol. The van der Waals surface area contributed by atoms with E-state index in [1.807, 2.05) is 0 Å². The van der Waals surface area contributed by atoms with Gasteiger partial charge in [-0.25, -0.2) is 24.4 Å². The molecule has 0 unspecified atom stereocenters. The van der Waals surface area contributed by atoms with E-state index in [1.165, 1.54) is 6.33 Å². The molecule has 1 fully saturated rings. The Morgan fingerprint density at radius 2 is 1.32 bits per heavy atom. The van der Waals surface area contributed by atoms with Crippen molar-refractivity contribution >= 4 is 51.4 Å². The molecule has 0 bridgehead atoms. The zero-order valence-corrected chi connectivity index (χ0v) is 25.3. The van der Waals surface area contributed by atoms with Crippen LogP contribution in [0, 0.1) is 0 Å². The number of ether oxygens (including phenoxy) is 4. The van der Waals surface area contributed by atoms with Crippen molar-refractivity contribution in [1.82, 2.24) is 19.5 Å². The van der Waals surface area contributed by atoms with Gasteiger partial charge in [-0.1, -0.05) is 66.2 Å². The minimum atomic E-state index is -1.25. The van der Waals surface area contributed by atoms with E-state index in [0.717, 1.165) is 0 Å². The predicted molar refractivity (Wildman–Crippen MR) is 170 cm³/mol. The van der Waals surface area contributed by atoms with Gasteiger partial charge in [0.1, 0.15) is 29.8 Å². The van der Waals surface area contributed by atoms with Crippen LogP contribution >= 0.6 is 11.6 Å². The second-order valence-corrected chi connectivity index (χ2v) is 11.0. The lowest BCUT2D eigenvalue weighted by Crippen LogP contribution is -2.41. The Labute approximate surface area is 272 Å². The van der Waals surface area contributed by atoms with Crippen LogP contribution in [0.1, 0.15) is 37.3 Å². The number of pyridine rings is 1. The highest BCUT2D eigenvalue weighted by Gasteiger charge is 2.52. The summed E-state index contributed by atoms with van der Waals surface area (Å²) in [6, 6.07) is 27.0. The van der Waals surface area contributed by atoms with Gasteiger partial charge in [0, 0.05) is 11.6 Å². The molecule has 0 N–H and O–H groups in total. The lowest BCUT2D eigenvalue weighted by atomic mass is 10.1. The Morgan fingerprint density at radius 3 is 1.94 bits per heavy atom. The highest BCUT2D eigenvalue weighted by atomic mass is 35.5. The third-order valence-corrected chi connectivity index (χ3v) is 8.06. The fourth-order valence-corrected chi connectivity index (χ4v) is 5.83. The molecule has 0 saturated carbocycles. The van der Waals surface area contributed by atoms with Crippen molar-refractivity contribution < 1.29 is 33.3 Å². The van der Waals surface area contributed by atoms with E-state index in [4.69, 9.17) is 30.5 Å². The van der Waals surface area contributed by atoms with E-state index in [2.05, 4.69) is 15.0 Å². The number of hydrogen-bond donors (Lipinski definition) is 0. The van der Waals surface area contributed by atoms with Crippen LogP contribution in [0.3, 0.4) is 0 Å². The molecule has 11 nitrogen and oxygen atoms in total. The first-order valence-electron chi connectivity index (χ1n) is 14.6. The Bertz CT molecular complexity index is 2080. The minimum absolute atomic E-state index is 0.196. The highest BCUT2D eigenvalue weighted by Crippen LogP contribution is 2.41. The maximum absolute atomic E-state index is 13.6. The normalized spacial score (nSPS) is 19.0. The number of nitrogens with zero attached hydrogens (tertiary/aromatic N) is 4. The van der Waals surface area contributed by atoms with Crippen molar-refractivity contribution in [2.45, 2.75) is 24.5 Å². The van der Waals surface area contributed by atoms with Crippen LogP contribution in [0.25, 0.3) is 21.9 Å². The van der Waals surface area contributed by atoms with Gasteiger partial charge in [-0.15, -0.1) is 0 Å². The number of esters is 3. The summed E-state index contributed by atoms with van der Waals surface area (Å²) in [7, 11) is 0. The second-order valence-electron chi connectivity index (χ2n) is 10.6. The average molecular weight is 649 g/mol. The molecule has 0 aliphatic carbocycles. The van der Waals surface area contributed by atoms with E-state index in [-0.39, 0.29) is 22.9 Å². The molecule has 1 saturated heterocycles. The largest absolute Gasteiger partial charge is 0.459 e. The maximum atomic E-state index is 13.6. The third-order valence-electron chi connectivity index (χ3n) is 7.77. The van der Waals surface area contributed by atoms with Crippen molar-refractivity contribution in [3.8, 4) is 0 Å². The van der Waals surface area contributed by atoms with Gasteiger partial charge >= 0.3 is 17.9 Å². The molecule has 3 aromatic heterocycles. The Balaban J connectivity index is 1.33. The molecule has 234 valence electrons.